The number of aliphatic hydroxyl groups excluding tert-OH is 1. The maximum absolute atomic E-state index is 9.83. The fourth-order valence-corrected chi connectivity index (χ4v) is 2.57. The van der Waals surface area contributed by atoms with Crippen molar-refractivity contribution in [1.29, 1.82) is 0 Å². The molecular formula is C14H21NOS. The minimum absolute atomic E-state index is 0.248. The molecule has 1 aromatic carbocycles. The quantitative estimate of drug-likeness (QED) is 0.762. The van der Waals surface area contributed by atoms with Gasteiger partial charge in [-0.2, -0.15) is 0 Å². The molecule has 1 aromatic rings. The Kier molecular flexibility index (Phi) is 4.48. The van der Waals surface area contributed by atoms with E-state index in [9.17, 15) is 5.11 Å². The zero-order valence-corrected chi connectivity index (χ0v) is 11.4. The van der Waals surface area contributed by atoms with Gasteiger partial charge < -0.3 is 10.4 Å². The van der Waals surface area contributed by atoms with Gasteiger partial charge in [0.05, 0.1) is 6.10 Å². The van der Waals surface area contributed by atoms with Crippen LogP contribution in [0, 0.1) is 13.8 Å². The molecule has 1 atom stereocenters. The monoisotopic (exact) mass is 251 g/mol. The molecule has 0 saturated heterocycles. The summed E-state index contributed by atoms with van der Waals surface area (Å²) >= 11 is 1.73. The van der Waals surface area contributed by atoms with Crippen LogP contribution >= 0.6 is 11.8 Å². The lowest BCUT2D eigenvalue weighted by atomic mass is 10.1. The minimum Gasteiger partial charge on any atom is -0.391 e. The molecule has 3 heteroatoms. The van der Waals surface area contributed by atoms with Gasteiger partial charge >= 0.3 is 0 Å². The number of hydrogen-bond donors (Lipinski definition) is 2. The van der Waals surface area contributed by atoms with E-state index in [1.165, 1.54) is 28.9 Å². The first-order valence-corrected chi connectivity index (χ1v) is 7.25. The van der Waals surface area contributed by atoms with Gasteiger partial charge in [-0.3, -0.25) is 0 Å². The SMILES string of the molecule is Cc1ccc(SCC(O)CNC2CC2)cc1C. The molecule has 0 aliphatic heterocycles. The molecule has 0 aromatic heterocycles. The van der Waals surface area contributed by atoms with Gasteiger partial charge in [0.15, 0.2) is 0 Å². The first kappa shape index (κ1) is 12.9. The number of hydrogen-bond acceptors (Lipinski definition) is 3. The molecule has 0 amide bonds. The molecule has 1 aliphatic carbocycles. The van der Waals surface area contributed by atoms with E-state index >= 15 is 0 Å². The Morgan fingerprint density at radius 3 is 2.76 bits per heavy atom. The van der Waals surface area contributed by atoms with Crippen LogP contribution in [-0.2, 0) is 0 Å². The topological polar surface area (TPSA) is 32.3 Å². The van der Waals surface area contributed by atoms with Crippen molar-refractivity contribution in [2.75, 3.05) is 12.3 Å². The summed E-state index contributed by atoms with van der Waals surface area (Å²) in [6.07, 6.45) is 2.30. The summed E-state index contributed by atoms with van der Waals surface area (Å²) in [5.41, 5.74) is 2.64. The van der Waals surface area contributed by atoms with Crippen molar-refractivity contribution in [3.8, 4) is 0 Å². The molecule has 0 spiro atoms. The second-order valence-electron chi connectivity index (χ2n) is 4.89. The minimum atomic E-state index is -0.248. The first-order valence-electron chi connectivity index (χ1n) is 6.26. The first-order chi connectivity index (χ1) is 8.15. The van der Waals surface area contributed by atoms with Crippen molar-refractivity contribution in [1.82, 2.24) is 5.32 Å². The maximum Gasteiger partial charge on any atom is 0.0758 e. The smallest absolute Gasteiger partial charge is 0.0758 e. The van der Waals surface area contributed by atoms with Gasteiger partial charge in [0, 0.05) is 23.2 Å². The van der Waals surface area contributed by atoms with Crippen molar-refractivity contribution in [3.05, 3.63) is 29.3 Å². The molecule has 0 heterocycles. The summed E-state index contributed by atoms with van der Waals surface area (Å²) in [5.74, 6) is 0.766. The third-order valence-electron chi connectivity index (χ3n) is 3.14. The van der Waals surface area contributed by atoms with Gasteiger partial charge in [-0.05, 0) is 49.9 Å². The molecule has 1 fully saturated rings. The highest BCUT2D eigenvalue weighted by atomic mass is 32.2. The molecule has 1 aliphatic rings. The predicted molar refractivity (Wildman–Crippen MR) is 73.7 cm³/mol. The highest BCUT2D eigenvalue weighted by molar-refractivity contribution is 7.99. The van der Waals surface area contributed by atoms with Crippen LogP contribution in [0.2, 0.25) is 0 Å². The number of thioether (sulfide) groups is 1. The van der Waals surface area contributed by atoms with Crippen molar-refractivity contribution >= 4 is 11.8 Å². The number of rotatable bonds is 6. The summed E-state index contributed by atoms with van der Waals surface area (Å²) in [5, 5.41) is 13.2. The van der Waals surface area contributed by atoms with Crippen LogP contribution in [0.1, 0.15) is 24.0 Å². The zero-order chi connectivity index (χ0) is 12.3. The van der Waals surface area contributed by atoms with Gasteiger partial charge in [0.25, 0.3) is 0 Å². The molecule has 2 rings (SSSR count). The average molecular weight is 251 g/mol. The Morgan fingerprint density at radius 2 is 2.12 bits per heavy atom. The standard InChI is InChI=1S/C14H21NOS/c1-10-3-6-14(7-11(10)2)17-9-13(16)8-15-12-4-5-12/h3,6-7,12-13,15-16H,4-5,8-9H2,1-2H3. The molecular weight excluding hydrogens is 230 g/mol. The molecule has 0 bridgehead atoms. The number of benzene rings is 1. The molecule has 1 saturated carbocycles. The lowest BCUT2D eigenvalue weighted by Crippen LogP contribution is -2.29. The normalized spacial score (nSPS) is 17.1. The Morgan fingerprint density at radius 1 is 1.35 bits per heavy atom. The van der Waals surface area contributed by atoms with Crippen molar-refractivity contribution in [2.45, 2.75) is 43.7 Å². The molecule has 2 N–H and O–H groups in total. The van der Waals surface area contributed by atoms with Crippen LogP contribution in [-0.4, -0.2) is 29.5 Å². The van der Waals surface area contributed by atoms with E-state index in [1.54, 1.807) is 11.8 Å². The van der Waals surface area contributed by atoms with Crippen LogP contribution in [0.5, 0.6) is 0 Å². The molecule has 17 heavy (non-hydrogen) atoms. The average Bonchev–Trinajstić information content (AvgIpc) is 3.12. The van der Waals surface area contributed by atoms with E-state index in [2.05, 4.69) is 37.4 Å². The Balaban J connectivity index is 1.73. The summed E-state index contributed by atoms with van der Waals surface area (Å²) in [6, 6.07) is 7.15. The third kappa shape index (κ3) is 4.34. The molecule has 0 radical (unpaired) electrons. The van der Waals surface area contributed by atoms with Gasteiger partial charge in [-0.15, -0.1) is 11.8 Å². The number of nitrogens with one attached hydrogen (secondary N) is 1. The lowest BCUT2D eigenvalue weighted by molar-refractivity contribution is 0.195. The summed E-state index contributed by atoms with van der Waals surface area (Å²) in [6.45, 7) is 4.98. The van der Waals surface area contributed by atoms with E-state index in [0.29, 0.717) is 6.04 Å². The second kappa shape index (κ2) is 5.89. The van der Waals surface area contributed by atoms with Crippen LogP contribution in [0.4, 0.5) is 0 Å². The van der Waals surface area contributed by atoms with E-state index in [0.717, 1.165) is 12.3 Å². The van der Waals surface area contributed by atoms with E-state index < -0.39 is 0 Å². The van der Waals surface area contributed by atoms with E-state index in [-0.39, 0.29) is 6.10 Å². The van der Waals surface area contributed by atoms with Crippen molar-refractivity contribution < 1.29 is 5.11 Å². The van der Waals surface area contributed by atoms with Gasteiger partial charge in [0.2, 0.25) is 0 Å². The van der Waals surface area contributed by atoms with Crippen LogP contribution in [0.3, 0.4) is 0 Å². The highest BCUT2D eigenvalue weighted by Crippen LogP contribution is 2.22. The van der Waals surface area contributed by atoms with Gasteiger partial charge in [0.1, 0.15) is 0 Å². The van der Waals surface area contributed by atoms with Gasteiger partial charge in [-0.1, -0.05) is 6.07 Å². The summed E-state index contributed by atoms with van der Waals surface area (Å²) < 4.78 is 0. The molecule has 94 valence electrons. The lowest BCUT2D eigenvalue weighted by Gasteiger charge is -2.11. The maximum atomic E-state index is 9.83. The molecule has 2 nitrogen and oxygen atoms in total. The Labute approximate surface area is 108 Å². The van der Waals surface area contributed by atoms with E-state index in [4.69, 9.17) is 0 Å². The molecule has 1 unspecified atom stereocenters. The zero-order valence-electron chi connectivity index (χ0n) is 10.6. The Hall–Kier alpha value is -0.510. The van der Waals surface area contributed by atoms with Crippen LogP contribution in [0.15, 0.2) is 23.1 Å². The van der Waals surface area contributed by atoms with Crippen molar-refractivity contribution in [2.24, 2.45) is 0 Å². The second-order valence-corrected chi connectivity index (χ2v) is 5.99. The predicted octanol–water partition coefficient (Wildman–Crippen LogP) is 2.51. The number of aliphatic hydroxyl groups is 1. The fraction of sp³-hybridized carbons (Fsp3) is 0.571. The number of aryl methyl sites for hydroxylation is 2. The Bertz CT molecular complexity index is 376. The van der Waals surface area contributed by atoms with Crippen molar-refractivity contribution in [3.63, 3.8) is 0 Å². The van der Waals surface area contributed by atoms with E-state index in [1.807, 2.05) is 0 Å². The summed E-state index contributed by atoms with van der Waals surface area (Å²) in [7, 11) is 0. The fourth-order valence-electron chi connectivity index (χ4n) is 1.65. The largest absolute Gasteiger partial charge is 0.391 e. The van der Waals surface area contributed by atoms with Crippen LogP contribution < -0.4 is 5.32 Å². The summed E-state index contributed by atoms with van der Waals surface area (Å²) in [4.78, 5) is 1.25. The van der Waals surface area contributed by atoms with Gasteiger partial charge in [-0.25, -0.2) is 0 Å². The highest BCUT2D eigenvalue weighted by Gasteiger charge is 2.21. The third-order valence-corrected chi connectivity index (χ3v) is 4.28. The van der Waals surface area contributed by atoms with Crippen LogP contribution in [0.25, 0.3) is 0 Å².